The molecule has 4 rings (SSSR count). The summed E-state index contributed by atoms with van der Waals surface area (Å²) in [5.41, 5.74) is 3.69. The molecular formula is C26H20N4O3. The van der Waals surface area contributed by atoms with Crippen molar-refractivity contribution in [1.82, 2.24) is 4.57 Å². The molecule has 1 heterocycles. The topological polar surface area (TPSA) is 101 Å². The van der Waals surface area contributed by atoms with Crippen molar-refractivity contribution in [3.05, 3.63) is 111 Å². The Kier molecular flexibility index (Phi) is 6.00. The third kappa shape index (κ3) is 4.50. The van der Waals surface area contributed by atoms with Crippen molar-refractivity contribution < 1.29 is 9.72 Å². The van der Waals surface area contributed by atoms with Gasteiger partial charge in [0.2, 0.25) is 0 Å². The van der Waals surface area contributed by atoms with E-state index in [-0.39, 0.29) is 16.9 Å². The third-order valence-electron chi connectivity index (χ3n) is 5.44. The number of anilines is 1. The number of para-hydroxylation sites is 3. The van der Waals surface area contributed by atoms with Crippen LogP contribution in [0.2, 0.25) is 0 Å². The summed E-state index contributed by atoms with van der Waals surface area (Å²) >= 11 is 0. The van der Waals surface area contributed by atoms with E-state index in [1.165, 1.54) is 35.4 Å². The van der Waals surface area contributed by atoms with Gasteiger partial charge in [-0.3, -0.25) is 14.9 Å². The monoisotopic (exact) mass is 436 g/mol. The number of nitriles is 1. The molecule has 0 spiro atoms. The summed E-state index contributed by atoms with van der Waals surface area (Å²) in [6.45, 7) is 2.70. The fraction of sp³-hybridized carbons (Fsp3) is 0.0769. The van der Waals surface area contributed by atoms with E-state index in [2.05, 4.69) is 28.9 Å². The summed E-state index contributed by atoms with van der Waals surface area (Å²) in [7, 11) is 0. The molecule has 0 aliphatic rings. The van der Waals surface area contributed by atoms with Gasteiger partial charge in [-0.15, -0.1) is 0 Å². The standard InChI is InChI=1S/C26H20N4O3/c1-18-8-2-3-9-19(18)16-29-17-21(22-10-4-6-12-24(22)29)14-20(15-27)26(31)28-23-11-5-7-13-25(23)30(32)33/h2-14,17H,16H2,1H3,(H,28,31)/b20-14+. The largest absolute Gasteiger partial charge is 0.342 e. The number of carbonyl (C=O) groups is 1. The molecule has 162 valence electrons. The zero-order valence-corrected chi connectivity index (χ0v) is 17.9. The Morgan fingerprint density at radius 3 is 2.55 bits per heavy atom. The summed E-state index contributed by atoms with van der Waals surface area (Å²) in [5.74, 6) is -0.706. The zero-order chi connectivity index (χ0) is 23.4. The summed E-state index contributed by atoms with van der Waals surface area (Å²) in [6, 6.07) is 23.6. The summed E-state index contributed by atoms with van der Waals surface area (Å²) in [4.78, 5) is 23.4. The SMILES string of the molecule is Cc1ccccc1Cn1cc(/C=C(\C#N)C(=O)Nc2ccccc2[N+](=O)[O-])c2ccccc21. The van der Waals surface area contributed by atoms with Gasteiger partial charge in [0.25, 0.3) is 11.6 Å². The van der Waals surface area contributed by atoms with Crippen molar-refractivity contribution in [2.24, 2.45) is 0 Å². The number of carbonyl (C=O) groups excluding carboxylic acids is 1. The molecule has 33 heavy (non-hydrogen) atoms. The summed E-state index contributed by atoms with van der Waals surface area (Å²) < 4.78 is 2.08. The Labute approximate surface area is 190 Å². The second-order valence-electron chi connectivity index (χ2n) is 7.55. The minimum atomic E-state index is -0.706. The van der Waals surface area contributed by atoms with Crippen LogP contribution in [0.3, 0.4) is 0 Å². The fourth-order valence-electron chi connectivity index (χ4n) is 3.72. The molecule has 0 fully saturated rings. The molecule has 3 aromatic carbocycles. The first-order chi connectivity index (χ1) is 16.0. The molecule has 7 heteroatoms. The molecule has 1 N–H and O–H groups in total. The van der Waals surface area contributed by atoms with Gasteiger partial charge in [-0.1, -0.05) is 54.6 Å². The average Bonchev–Trinajstić information content (AvgIpc) is 3.16. The minimum Gasteiger partial charge on any atom is -0.342 e. The van der Waals surface area contributed by atoms with Gasteiger partial charge in [0.15, 0.2) is 0 Å². The molecule has 1 amide bonds. The number of nitro groups is 1. The van der Waals surface area contributed by atoms with E-state index < -0.39 is 10.8 Å². The Morgan fingerprint density at radius 2 is 1.79 bits per heavy atom. The van der Waals surface area contributed by atoms with E-state index in [1.54, 1.807) is 6.07 Å². The number of nitrogens with one attached hydrogen (secondary N) is 1. The van der Waals surface area contributed by atoms with Crippen LogP contribution in [0.5, 0.6) is 0 Å². The van der Waals surface area contributed by atoms with Crippen molar-refractivity contribution in [2.45, 2.75) is 13.5 Å². The molecule has 0 saturated carbocycles. The number of fused-ring (bicyclic) bond motifs is 1. The molecule has 0 radical (unpaired) electrons. The molecule has 1 aromatic heterocycles. The number of aromatic nitrogens is 1. The fourth-order valence-corrected chi connectivity index (χ4v) is 3.72. The van der Waals surface area contributed by atoms with Crippen molar-refractivity contribution in [2.75, 3.05) is 5.32 Å². The first-order valence-corrected chi connectivity index (χ1v) is 10.3. The molecule has 0 aliphatic heterocycles. The van der Waals surface area contributed by atoms with Crippen molar-refractivity contribution >= 4 is 34.3 Å². The highest BCUT2D eigenvalue weighted by atomic mass is 16.6. The first kappa shape index (κ1) is 21.5. The lowest BCUT2D eigenvalue weighted by atomic mass is 10.1. The van der Waals surface area contributed by atoms with Crippen LogP contribution in [0.1, 0.15) is 16.7 Å². The maximum atomic E-state index is 12.8. The molecule has 0 unspecified atom stereocenters. The molecule has 0 saturated heterocycles. The Hall–Kier alpha value is -4.70. The van der Waals surface area contributed by atoms with Gasteiger partial charge in [-0.25, -0.2) is 0 Å². The summed E-state index contributed by atoms with van der Waals surface area (Å²) in [6.07, 6.45) is 3.42. The molecule has 4 aromatic rings. The molecule has 7 nitrogen and oxygen atoms in total. The number of nitrogens with zero attached hydrogens (tertiary/aromatic N) is 3. The Morgan fingerprint density at radius 1 is 1.09 bits per heavy atom. The van der Waals surface area contributed by atoms with E-state index in [9.17, 15) is 20.2 Å². The smallest absolute Gasteiger partial charge is 0.292 e. The van der Waals surface area contributed by atoms with Gasteiger partial charge >= 0.3 is 0 Å². The van der Waals surface area contributed by atoms with Crippen LogP contribution >= 0.6 is 0 Å². The second kappa shape index (κ2) is 9.20. The highest BCUT2D eigenvalue weighted by Gasteiger charge is 2.18. The van der Waals surface area contributed by atoms with Crippen LogP contribution in [-0.4, -0.2) is 15.4 Å². The van der Waals surface area contributed by atoms with Gasteiger partial charge in [0.1, 0.15) is 17.3 Å². The van der Waals surface area contributed by atoms with Crippen LogP contribution in [-0.2, 0) is 11.3 Å². The normalized spacial score (nSPS) is 11.2. The van der Waals surface area contributed by atoms with E-state index in [4.69, 9.17) is 0 Å². The van der Waals surface area contributed by atoms with Gasteiger partial charge < -0.3 is 9.88 Å². The van der Waals surface area contributed by atoms with Crippen LogP contribution in [0.15, 0.2) is 84.6 Å². The predicted octanol–water partition coefficient (Wildman–Crippen LogP) is 5.45. The molecule has 0 aliphatic carbocycles. The van der Waals surface area contributed by atoms with E-state index in [0.29, 0.717) is 12.1 Å². The lowest BCUT2D eigenvalue weighted by Gasteiger charge is -2.08. The molecule has 0 atom stereocenters. The highest BCUT2D eigenvalue weighted by molar-refractivity contribution is 6.11. The average molecular weight is 436 g/mol. The van der Waals surface area contributed by atoms with Crippen molar-refractivity contribution in [3.8, 4) is 6.07 Å². The maximum absolute atomic E-state index is 12.8. The molecule has 0 bridgehead atoms. The van der Waals surface area contributed by atoms with Crippen molar-refractivity contribution in [1.29, 1.82) is 5.26 Å². The lowest BCUT2D eigenvalue weighted by molar-refractivity contribution is -0.383. The second-order valence-corrected chi connectivity index (χ2v) is 7.55. The number of nitro benzene ring substituents is 1. The lowest BCUT2D eigenvalue weighted by Crippen LogP contribution is -2.14. The number of rotatable bonds is 6. The first-order valence-electron chi connectivity index (χ1n) is 10.3. The van der Waals surface area contributed by atoms with Crippen LogP contribution in [0.25, 0.3) is 17.0 Å². The van der Waals surface area contributed by atoms with E-state index >= 15 is 0 Å². The maximum Gasteiger partial charge on any atom is 0.292 e. The number of benzene rings is 3. The van der Waals surface area contributed by atoms with Gasteiger partial charge in [0, 0.05) is 35.3 Å². The number of hydrogen-bond donors (Lipinski definition) is 1. The van der Waals surface area contributed by atoms with Crippen LogP contribution in [0, 0.1) is 28.4 Å². The van der Waals surface area contributed by atoms with Gasteiger partial charge in [-0.2, -0.15) is 5.26 Å². The zero-order valence-electron chi connectivity index (χ0n) is 17.9. The van der Waals surface area contributed by atoms with Crippen molar-refractivity contribution in [3.63, 3.8) is 0 Å². The Bertz CT molecular complexity index is 1440. The van der Waals surface area contributed by atoms with E-state index in [0.717, 1.165) is 10.9 Å². The number of hydrogen-bond acceptors (Lipinski definition) is 4. The molecular weight excluding hydrogens is 416 g/mol. The predicted molar refractivity (Wildman–Crippen MR) is 128 cm³/mol. The van der Waals surface area contributed by atoms with Gasteiger partial charge in [-0.05, 0) is 36.3 Å². The minimum absolute atomic E-state index is 0.0376. The van der Waals surface area contributed by atoms with E-state index in [1.807, 2.05) is 48.7 Å². The Balaban J connectivity index is 1.70. The summed E-state index contributed by atoms with van der Waals surface area (Å²) in [5, 5.41) is 24.3. The number of amides is 1. The van der Waals surface area contributed by atoms with Crippen LogP contribution < -0.4 is 5.32 Å². The number of aryl methyl sites for hydroxylation is 1. The highest BCUT2D eigenvalue weighted by Crippen LogP contribution is 2.27. The quantitative estimate of drug-likeness (QED) is 0.188. The third-order valence-corrected chi connectivity index (χ3v) is 5.44. The van der Waals surface area contributed by atoms with Gasteiger partial charge in [0.05, 0.1) is 4.92 Å². The van der Waals surface area contributed by atoms with Crippen LogP contribution in [0.4, 0.5) is 11.4 Å².